The largest absolute Gasteiger partial charge is 0.390 e. The smallest absolute Gasteiger partial charge is 0.194 e. The van der Waals surface area contributed by atoms with E-state index in [4.69, 9.17) is 0 Å². The summed E-state index contributed by atoms with van der Waals surface area (Å²) in [6, 6.07) is 3.16. The Morgan fingerprint density at radius 2 is 2.19 bits per heavy atom. The van der Waals surface area contributed by atoms with Crippen LogP contribution in [-0.2, 0) is 19.7 Å². The van der Waals surface area contributed by atoms with Crippen LogP contribution >= 0.6 is 11.3 Å². The summed E-state index contributed by atoms with van der Waals surface area (Å²) >= 11 is 1.11. The minimum atomic E-state index is -3.55. The molecule has 11 heteroatoms. The van der Waals surface area contributed by atoms with Gasteiger partial charge in [-0.1, -0.05) is 6.07 Å². The van der Waals surface area contributed by atoms with Gasteiger partial charge < -0.3 is 15.3 Å². The molecule has 1 fully saturated rings. The fourth-order valence-corrected chi connectivity index (χ4v) is 6.60. The fraction of sp³-hybridized carbons (Fsp3) is 0.688. The van der Waals surface area contributed by atoms with Crippen molar-refractivity contribution < 1.29 is 21.9 Å². The first kappa shape index (κ1) is 22.1. The van der Waals surface area contributed by atoms with Gasteiger partial charge in [-0.15, -0.1) is 11.3 Å². The molecule has 1 atom stereocenters. The average Bonchev–Trinajstić information content (AvgIpc) is 3.09. The lowest BCUT2D eigenvalue weighted by atomic mass is 10.2. The fourth-order valence-electron chi connectivity index (χ4n) is 2.77. The van der Waals surface area contributed by atoms with Gasteiger partial charge in [-0.05, 0) is 32.2 Å². The second-order valence-electron chi connectivity index (χ2n) is 7.06. The summed E-state index contributed by atoms with van der Waals surface area (Å²) in [5.74, 6) is 0.101. The maximum absolute atomic E-state index is 12.2. The molecule has 154 valence electrons. The molecule has 1 aromatic heterocycles. The van der Waals surface area contributed by atoms with E-state index in [2.05, 4.69) is 10.3 Å². The zero-order valence-electron chi connectivity index (χ0n) is 15.8. The van der Waals surface area contributed by atoms with Gasteiger partial charge >= 0.3 is 0 Å². The van der Waals surface area contributed by atoms with E-state index in [9.17, 15) is 21.9 Å². The first-order chi connectivity index (χ1) is 12.5. The van der Waals surface area contributed by atoms with Crippen molar-refractivity contribution in [1.29, 1.82) is 0 Å². The number of aliphatic imine (C=N–C) groups is 1. The van der Waals surface area contributed by atoms with Crippen LogP contribution in [0.2, 0.25) is 0 Å². The lowest BCUT2D eigenvalue weighted by Gasteiger charge is -2.39. The van der Waals surface area contributed by atoms with Crippen molar-refractivity contribution in [2.24, 2.45) is 4.99 Å². The number of sulfone groups is 2. The maximum Gasteiger partial charge on any atom is 0.194 e. The molecule has 1 saturated heterocycles. The minimum Gasteiger partial charge on any atom is -0.390 e. The van der Waals surface area contributed by atoms with E-state index in [0.717, 1.165) is 11.3 Å². The molecule has 0 saturated carbocycles. The highest BCUT2D eigenvalue weighted by Crippen LogP contribution is 2.24. The predicted molar refractivity (Wildman–Crippen MR) is 108 cm³/mol. The maximum atomic E-state index is 12.2. The molecule has 0 aliphatic carbocycles. The zero-order valence-corrected chi connectivity index (χ0v) is 18.2. The zero-order chi connectivity index (χ0) is 20.3. The Hall–Kier alpha value is -1.17. The molecule has 0 spiro atoms. The molecule has 1 aromatic rings. The van der Waals surface area contributed by atoms with E-state index in [-0.39, 0.29) is 23.1 Å². The Morgan fingerprint density at radius 3 is 2.74 bits per heavy atom. The number of aliphatic hydroxyl groups is 1. The second-order valence-corrected chi connectivity index (χ2v) is 13.0. The van der Waals surface area contributed by atoms with Crippen LogP contribution in [0, 0.1) is 0 Å². The van der Waals surface area contributed by atoms with Crippen LogP contribution in [0.3, 0.4) is 0 Å². The number of guanidine groups is 1. The number of thiophene rings is 1. The van der Waals surface area contributed by atoms with Crippen molar-refractivity contribution >= 4 is 37.0 Å². The summed E-state index contributed by atoms with van der Waals surface area (Å²) in [6.45, 7) is 6.33. The standard InChI is InChI=1S/C16H27N3O5S3/c1-4-17-15(19-7-9-27(23,24)16(2,3)12-19)18-10-13(20)11-26(21,22)14-6-5-8-25-14/h5-6,8,13,20H,4,7,9-12H2,1-3H3,(H,17,18). The Kier molecular flexibility index (Phi) is 6.93. The number of hydrogen-bond acceptors (Lipinski definition) is 7. The molecule has 0 radical (unpaired) electrons. The molecule has 1 aliphatic rings. The van der Waals surface area contributed by atoms with Crippen LogP contribution in [0.25, 0.3) is 0 Å². The van der Waals surface area contributed by atoms with E-state index in [1.165, 1.54) is 6.07 Å². The molecule has 0 bridgehead atoms. The van der Waals surface area contributed by atoms with Gasteiger partial charge in [0, 0.05) is 19.6 Å². The van der Waals surface area contributed by atoms with Crippen LogP contribution in [0.5, 0.6) is 0 Å². The second kappa shape index (κ2) is 8.46. The van der Waals surface area contributed by atoms with E-state index >= 15 is 0 Å². The predicted octanol–water partition coefficient (Wildman–Crippen LogP) is 0.357. The molecule has 2 N–H and O–H groups in total. The van der Waals surface area contributed by atoms with E-state index in [0.29, 0.717) is 19.0 Å². The molecule has 27 heavy (non-hydrogen) atoms. The number of hydrogen-bond donors (Lipinski definition) is 2. The highest BCUT2D eigenvalue weighted by molar-refractivity contribution is 7.93. The summed E-state index contributed by atoms with van der Waals surface area (Å²) in [4.78, 5) is 6.18. The van der Waals surface area contributed by atoms with Crippen molar-refractivity contribution in [2.75, 3.05) is 37.7 Å². The third kappa shape index (κ3) is 5.43. The van der Waals surface area contributed by atoms with Crippen molar-refractivity contribution in [3.8, 4) is 0 Å². The Bertz CT molecular complexity index is 861. The molecular formula is C16H27N3O5S3. The van der Waals surface area contributed by atoms with Crippen LogP contribution in [0.15, 0.2) is 26.7 Å². The van der Waals surface area contributed by atoms with Gasteiger partial charge in [-0.25, -0.2) is 16.8 Å². The van der Waals surface area contributed by atoms with Gasteiger partial charge in [0.05, 0.1) is 28.9 Å². The van der Waals surface area contributed by atoms with Gasteiger partial charge in [-0.2, -0.15) is 0 Å². The summed E-state index contributed by atoms with van der Waals surface area (Å²) in [6.07, 6.45) is -1.15. The minimum absolute atomic E-state index is 0.0275. The van der Waals surface area contributed by atoms with Crippen molar-refractivity contribution in [1.82, 2.24) is 10.2 Å². The number of rotatable bonds is 6. The SMILES string of the molecule is CCNC(=NCC(O)CS(=O)(=O)c1cccs1)N1CCS(=O)(=O)C(C)(C)C1. The van der Waals surface area contributed by atoms with Gasteiger partial charge in [0.2, 0.25) is 0 Å². The average molecular weight is 438 g/mol. The molecule has 8 nitrogen and oxygen atoms in total. The van der Waals surface area contributed by atoms with Crippen LogP contribution in [0.1, 0.15) is 20.8 Å². The van der Waals surface area contributed by atoms with Gasteiger partial charge in [0.15, 0.2) is 25.6 Å². The first-order valence-corrected chi connectivity index (χ1v) is 12.9. The Morgan fingerprint density at radius 1 is 1.48 bits per heavy atom. The number of aliphatic hydroxyl groups excluding tert-OH is 1. The molecule has 1 unspecified atom stereocenters. The topological polar surface area (TPSA) is 116 Å². The van der Waals surface area contributed by atoms with Crippen molar-refractivity contribution in [3.63, 3.8) is 0 Å². The first-order valence-electron chi connectivity index (χ1n) is 8.68. The van der Waals surface area contributed by atoms with Crippen LogP contribution < -0.4 is 5.32 Å². The van der Waals surface area contributed by atoms with Crippen molar-refractivity contribution in [3.05, 3.63) is 17.5 Å². The monoisotopic (exact) mass is 437 g/mol. The van der Waals surface area contributed by atoms with Crippen molar-refractivity contribution in [2.45, 2.75) is 35.8 Å². The highest BCUT2D eigenvalue weighted by Gasteiger charge is 2.41. The normalized spacial score (nSPS) is 21.0. The lowest BCUT2D eigenvalue weighted by molar-refractivity contribution is 0.205. The number of nitrogens with one attached hydrogen (secondary N) is 1. The molecule has 2 rings (SSSR count). The van der Waals surface area contributed by atoms with Crippen LogP contribution in [-0.4, -0.2) is 81.3 Å². The molecule has 1 aliphatic heterocycles. The molecule has 2 heterocycles. The van der Waals surface area contributed by atoms with E-state index < -0.39 is 36.3 Å². The Labute approximate surface area is 165 Å². The third-order valence-corrected chi connectivity index (χ3v) is 10.2. The highest BCUT2D eigenvalue weighted by atomic mass is 32.2. The van der Waals surface area contributed by atoms with Crippen LogP contribution in [0.4, 0.5) is 0 Å². The van der Waals surface area contributed by atoms with E-state index in [1.54, 1.807) is 25.3 Å². The van der Waals surface area contributed by atoms with Gasteiger partial charge in [0.1, 0.15) is 4.21 Å². The molecule has 0 amide bonds. The summed E-state index contributed by atoms with van der Waals surface area (Å²) in [5.41, 5.74) is 0. The number of nitrogens with zero attached hydrogens (tertiary/aromatic N) is 2. The summed E-state index contributed by atoms with van der Waals surface area (Å²) < 4.78 is 48.1. The molecular weight excluding hydrogens is 410 g/mol. The third-order valence-electron chi connectivity index (χ3n) is 4.34. The lowest BCUT2D eigenvalue weighted by Crippen LogP contribution is -2.57. The van der Waals surface area contributed by atoms with Gasteiger partial charge in [-0.3, -0.25) is 4.99 Å². The van der Waals surface area contributed by atoms with E-state index in [1.807, 2.05) is 11.8 Å². The summed E-state index contributed by atoms with van der Waals surface area (Å²) in [5, 5.41) is 14.9. The Balaban J connectivity index is 2.07. The quantitative estimate of drug-likeness (QED) is 0.487. The van der Waals surface area contributed by atoms with Gasteiger partial charge in [0.25, 0.3) is 0 Å². The molecule has 0 aromatic carbocycles. The summed E-state index contributed by atoms with van der Waals surface area (Å²) in [7, 11) is -6.72.